The third kappa shape index (κ3) is 4.07. The predicted molar refractivity (Wildman–Crippen MR) is 66.0 cm³/mol. The fourth-order valence-electron chi connectivity index (χ4n) is 1.65. The van der Waals surface area contributed by atoms with Gasteiger partial charge in [-0.3, -0.25) is 4.79 Å². The van der Waals surface area contributed by atoms with Gasteiger partial charge in [0, 0.05) is 13.1 Å². The number of hydrogen-bond donors (Lipinski definition) is 1. The van der Waals surface area contributed by atoms with E-state index in [2.05, 4.69) is 0 Å². The van der Waals surface area contributed by atoms with Crippen molar-refractivity contribution in [1.29, 1.82) is 0 Å². The Morgan fingerprint density at radius 1 is 1.47 bits per heavy atom. The number of carbonyl (C=O) groups excluding carboxylic acids is 1. The molecule has 4 heteroatoms. The lowest BCUT2D eigenvalue weighted by atomic mass is 10.1. The first-order chi connectivity index (χ1) is 8.21. The molecule has 0 aromatic heterocycles. The van der Waals surface area contributed by atoms with Crippen molar-refractivity contribution in [1.82, 2.24) is 4.90 Å². The summed E-state index contributed by atoms with van der Waals surface area (Å²) < 4.78 is 5.11. The summed E-state index contributed by atoms with van der Waals surface area (Å²) in [6.07, 6.45) is 0.338. The van der Waals surface area contributed by atoms with Crippen LogP contribution in [-0.2, 0) is 11.2 Å². The predicted octanol–water partition coefficient (Wildman–Crippen LogP) is 1.08. The van der Waals surface area contributed by atoms with E-state index in [0.717, 1.165) is 11.3 Å². The molecule has 0 saturated heterocycles. The molecule has 0 unspecified atom stereocenters. The van der Waals surface area contributed by atoms with E-state index in [1.807, 2.05) is 31.2 Å². The van der Waals surface area contributed by atoms with Gasteiger partial charge in [-0.15, -0.1) is 0 Å². The molecule has 0 bridgehead atoms. The smallest absolute Gasteiger partial charge is 0.227 e. The van der Waals surface area contributed by atoms with Crippen LogP contribution in [0, 0.1) is 0 Å². The van der Waals surface area contributed by atoms with Crippen molar-refractivity contribution in [2.24, 2.45) is 0 Å². The van der Waals surface area contributed by atoms with Gasteiger partial charge < -0.3 is 14.7 Å². The van der Waals surface area contributed by atoms with Crippen LogP contribution < -0.4 is 4.74 Å². The summed E-state index contributed by atoms with van der Waals surface area (Å²) in [5.74, 6) is 0.773. The number of nitrogens with zero attached hydrogens (tertiary/aromatic N) is 1. The van der Waals surface area contributed by atoms with Crippen molar-refractivity contribution in [3.8, 4) is 5.75 Å². The lowest BCUT2D eigenvalue weighted by molar-refractivity contribution is -0.130. The van der Waals surface area contributed by atoms with Crippen LogP contribution in [0.15, 0.2) is 24.3 Å². The standard InChI is InChI=1S/C13H19NO3/c1-3-14(7-8-15)13(16)10-11-5-4-6-12(9-11)17-2/h4-6,9,15H,3,7-8,10H2,1-2H3. The van der Waals surface area contributed by atoms with Gasteiger partial charge >= 0.3 is 0 Å². The van der Waals surface area contributed by atoms with Crippen molar-refractivity contribution in [2.75, 3.05) is 26.8 Å². The summed E-state index contributed by atoms with van der Waals surface area (Å²) in [4.78, 5) is 13.5. The number of methoxy groups -OCH3 is 1. The summed E-state index contributed by atoms with van der Waals surface area (Å²) in [6, 6.07) is 7.46. The molecule has 0 aliphatic carbocycles. The quantitative estimate of drug-likeness (QED) is 0.805. The number of rotatable bonds is 6. The SMILES string of the molecule is CCN(CCO)C(=O)Cc1cccc(OC)c1. The molecule has 1 amide bonds. The normalized spacial score (nSPS) is 10.1. The van der Waals surface area contributed by atoms with Crippen LogP contribution in [0.25, 0.3) is 0 Å². The molecule has 0 radical (unpaired) electrons. The summed E-state index contributed by atoms with van der Waals surface area (Å²) in [5.41, 5.74) is 0.922. The Kier molecular flexibility index (Phi) is 5.49. The van der Waals surface area contributed by atoms with Crippen molar-refractivity contribution in [2.45, 2.75) is 13.3 Å². The molecule has 94 valence electrons. The Bertz CT molecular complexity index is 365. The third-order valence-electron chi connectivity index (χ3n) is 2.59. The van der Waals surface area contributed by atoms with Gasteiger partial charge in [-0.05, 0) is 24.6 Å². The number of amides is 1. The Morgan fingerprint density at radius 3 is 2.82 bits per heavy atom. The van der Waals surface area contributed by atoms with Crippen LogP contribution in [0.4, 0.5) is 0 Å². The molecular weight excluding hydrogens is 218 g/mol. The van der Waals surface area contributed by atoms with E-state index in [-0.39, 0.29) is 12.5 Å². The zero-order valence-electron chi connectivity index (χ0n) is 10.3. The molecule has 1 aromatic rings. The second-order valence-corrected chi connectivity index (χ2v) is 3.73. The molecule has 1 rings (SSSR count). The van der Waals surface area contributed by atoms with Crippen LogP contribution in [0.3, 0.4) is 0 Å². The van der Waals surface area contributed by atoms with Crippen LogP contribution in [-0.4, -0.2) is 42.7 Å². The van der Waals surface area contributed by atoms with Crippen molar-refractivity contribution >= 4 is 5.91 Å². The van der Waals surface area contributed by atoms with E-state index in [4.69, 9.17) is 9.84 Å². The number of carbonyl (C=O) groups is 1. The Hall–Kier alpha value is -1.55. The summed E-state index contributed by atoms with van der Waals surface area (Å²) in [7, 11) is 1.60. The first kappa shape index (κ1) is 13.5. The van der Waals surface area contributed by atoms with Gasteiger partial charge in [-0.1, -0.05) is 12.1 Å². The van der Waals surface area contributed by atoms with Crippen molar-refractivity contribution in [3.05, 3.63) is 29.8 Å². The van der Waals surface area contributed by atoms with E-state index in [0.29, 0.717) is 19.5 Å². The second kappa shape index (κ2) is 6.91. The van der Waals surface area contributed by atoms with E-state index in [1.165, 1.54) is 0 Å². The topological polar surface area (TPSA) is 49.8 Å². The lowest BCUT2D eigenvalue weighted by Gasteiger charge is -2.19. The number of hydrogen-bond acceptors (Lipinski definition) is 3. The van der Waals surface area contributed by atoms with Gasteiger partial charge in [-0.25, -0.2) is 0 Å². The highest BCUT2D eigenvalue weighted by Gasteiger charge is 2.11. The minimum atomic E-state index is -0.00229. The Morgan fingerprint density at radius 2 is 2.24 bits per heavy atom. The molecule has 0 spiro atoms. The molecule has 0 heterocycles. The maximum Gasteiger partial charge on any atom is 0.227 e. The average Bonchev–Trinajstić information content (AvgIpc) is 2.36. The van der Waals surface area contributed by atoms with E-state index in [9.17, 15) is 4.79 Å². The highest BCUT2D eigenvalue weighted by molar-refractivity contribution is 5.78. The highest BCUT2D eigenvalue weighted by Crippen LogP contribution is 2.13. The van der Waals surface area contributed by atoms with Crippen LogP contribution in [0.2, 0.25) is 0 Å². The van der Waals surface area contributed by atoms with Gasteiger partial charge in [0.1, 0.15) is 5.75 Å². The molecule has 0 aliphatic heterocycles. The number of benzene rings is 1. The van der Waals surface area contributed by atoms with Gasteiger partial charge in [0.2, 0.25) is 5.91 Å². The summed E-state index contributed by atoms with van der Waals surface area (Å²) in [5, 5.41) is 8.85. The molecule has 4 nitrogen and oxygen atoms in total. The number of likely N-dealkylation sites (N-methyl/N-ethyl adjacent to an activating group) is 1. The van der Waals surface area contributed by atoms with Gasteiger partial charge in [-0.2, -0.15) is 0 Å². The molecule has 0 fully saturated rings. The van der Waals surface area contributed by atoms with Crippen LogP contribution in [0.5, 0.6) is 5.75 Å². The zero-order chi connectivity index (χ0) is 12.7. The fraction of sp³-hybridized carbons (Fsp3) is 0.462. The summed E-state index contributed by atoms with van der Waals surface area (Å²) in [6.45, 7) is 2.90. The first-order valence-electron chi connectivity index (χ1n) is 5.72. The van der Waals surface area contributed by atoms with E-state index >= 15 is 0 Å². The number of aliphatic hydroxyl groups is 1. The van der Waals surface area contributed by atoms with E-state index < -0.39 is 0 Å². The maximum atomic E-state index is 11.9. The zero-order valence-corrected chi connectivity index (χ0v) is 10.3. The van der Waals surface area contributed by atoms with Crippen LogP contribution in [0.1, 0.15) is 12.5 Å². The number of ether oxygens (including phenoxy) is 1. The fourth-order valence-corrected chi connectivity index (χ4v) is 1.65. The maximum absolute atomic E-state index is 11.9. The Balaban J connectivity index is 2.65. The summed E-state index contributed by atoms with van der Waals surface area (Å²) >= 11 is 0. The molecule has 1 aromatic carbocycles. The first-order valence-corrected chi connectivity index (χ1v) is 5.72. The Labute approximate surface area is 102 Å². The molecule has 1 N–H and O–H groups in total. The van der Waals surface area contributed by atoms with Crippen molar-refractivity contribution < 1.29 is 14.6 Å². The minimum Gasteiger partial charge on any atom is -0.497 e. The minimum absolute atomic E-state index is 0.00229. The molecule has 0 atom stereocenters. The number of aliphatic hydroxyl groups excluding tert-OH is 1. The highest BCUT2D eigenvalue weighted by atomic mass is 16.5. The molecule has 0 saturated carbocycles. The molecule has 17 heavy (non-hydrogen) atoms. The largest absolute Gasteiger partial charge is 0.497 e. The van der Waals surface area contributed by atoms with Gasteiger partial charge in [0.15, 0.2) is 0 Å². The lowest BCUT2D eigenvalue weighted by Crippen LogP contribution is -2.34. The van der Waals surface area contributed by atoms with Gasteiger partial charge in [0.25, 0.3) is 0 Å². The molecular formula is C13H19NO3. The van der Waals surface area contributed by atoms with Gasteiger partial charge in [0.05, 0.1) is 20.1 Å². The van der Waals surface area contributed by atoms with E-state index in [1.54, 1.807) is 12.0 Å². The van der Waals surface area contributed by atoms with Crippen LogP contribution >= 0.6 is 0 Å². The monoisotopic (exact) mass is 237 g/mol. The third-order valence-corrected chi connectivity index (χ3v) is 2.59. The molecule has 0 aliphatic rings. The second-order valence-electron chi connectivity index (χ2n) is 3.73. The van der Waals surface area contributed by atoms with Crippen molar-refractivity contribution in [3.63, 3.8) is 0 Å². The average molecular weight is 237 g/mol.